The van der Waals surface area contributed by atoms with Gasteiger partial charge in [0.05, 0.1) is 17.8 Å². The van der Waals surface area contributed by atoms with Crippen molar-refractivity contribution in [1.29, 1.82) is 0 Å². The van der Waals surface area contributed by atoms with Gasteiger partial charge in [-0.05, 0) is 118 Å². The average molecular weight is 533 g/mol. The van der Waals surface area contributed by atoms with E-state index >= 15 is 0 Å². The number of hydrogen-bond donors (Lipinski definition) is 2. The minimum Gasteiger partial charge on any atom is -0.414 e. The van der Waals surface area contributed by atoms with E-state index in [-0.39, 0.29) is 22.7 Å². The van der Waals surface area contributed by atoms with Crippen LogP contribution in [0.25, 0.3) is 0 Å². The van der Waals surface area contributed by atoms with Crippen LogP contribution in [0.5, 0.6) is 0 Å². The lowest BCUT2D eigenvalue weighted by atomic mass is 9.46. The number of aliphatic hydroxyl groups is 2. The van der Waals surface area contributed by atoms with E-state index in [4.69, 9.17) is 4.43 Å². The second kappa shape index (κ2) is 10.0. The predicted molar refractivity (Wildman–Crippen MR) is 158 cm³/mol. The van der Waals surface area contributed by atoms with Crippen molar-refractivity contribution in [1.82, 2.24) is 0 Å². The van der Waals surface area contributed by atoms with E-state index in [1.807, 2.05) is 13.8 Å². The Bertz CT molecular complexity index is 851. The summed E-state index contributed by atoms with van der Waals surface area (Å²) in [5.41, 5.74) is 1.32. The van der Waals surface area contributed by atoms with Gasteiger partial charge in [0, 0.05) is 5.41 Å². The first-order chi connectivity index (χ1) is 16.9. The van der Waals surface area contributed by atoms with Crippen LogP contribution in [0.4, 0.5) is 0 Å². The summed E-state index contributed by atoms with van der Waals surface area (Å²) in [7, 11) is -1.86. The third-order valence-electron chi connectivity index (χ3n) is 12.6. The molecule has 3 saturated carbocycles. The van der Waals surface area contributed by atoms with Gasteiger partial charge in [0.25, 0.3) is 0 Å². The summed E-state index contributed by atoms with van der Waals surface area (Å²) in [6.07, 6.45) is 14.0. The summed E-state index contributed by atoms with van der Waals surface area (Å²) in [5.74, 6) is 3.65. The first-order valence-corrected chi connectivity index (χ1v) is 18.6. The van der Waals surface area contributed by atoms with E-state index in [0.29, 0.717) is 17.3 Å². The van der Waals surface area contributed by atoms with Gasteiger partial charge >= 0.3 is 0 Å². The van der Waals surface area contributed by atoms with Crippen molar-refractivity contribution in [2.24, 2.45) is 40.4 Å². The molecule has 0 amide bonds. The van der Waals surface area contributed by atoms with Gasteiger partial charge in [-0.1, -0.05) is 66.0 Å². The summed E-state index contributed by atoms with van der Waals surface area (Å²) in [5, 5.41) is 22.1. The molecule has 0 aliphatic heterocycles. The second-order valence-corrected chi connectivity index (χ2v) is 21.2. The Morgan fingerprint density at radius 3 is 2.38 bits per heavy atom. The van der Waals surface area contributed by atoms with Crippen LogP contribution >= 0.6 is 0 Å². The van der Waals surface area contributed by atoms with Crippen molar-refractivity contribution < 1.29 is 14.6 Å². The van der Waals surface area contributed by atoms with Crippen LogP contribution < -0.4 is 0 Å². The third kappa shape index (κ3) is 5.44. The fourth-order valence-corrected chi connectivity index (χ4v) is 10.8. The van der Waals surface area contributed by atoms with Crippen LogP contribution in [0.1, 0.15) is 120 Å². The standard InChI is InChI=1S/C33H60O3Si/c1-22(12-11-18-31(5,6)35)26-15-16-27-25-14-13-23-20-24(36-37(9,10)30(2,3)4)21-29(34)33(23,8)28(25)17-19-32(26,27)7/h13,22,24-29,34-35H,11-12,14-21H2,1-10H3/t22-,24-,25+,26-,27+,28+,29+,32-,33+/m1/s1. The topological polar surface area (TPSA) is 49.7 Å². The number of fused-ring (bicyclic) bond motifs is 5. The summed E-state index contributed by atoms with van der Waals surface area (Å²) in [6, 6.07) is 0. The first kappa shape index (κ1) is 29.8. The lowest BCUT2D eigenvalue weighted by molar-refractivity contribution is -0.106. The van der Waals surface area contributed by atoms with Gasteiger partial charge in [0.15, 0.2) is 8.32 Å². The molecular weight excluding hydrogens is 472 g/mol. The van der Waals surface area contributed by atoms with E-state index in [1.165, 1.54) is 44.1 Å². The molecule has 4 aliphatic carbocycles. The van der Waals surface area contributed by atoms with Gasteiger partial charge in [0.1, 0.15) is 0 Å². The SMILES string of the molecule is C[C@H](CCCC(C)(C)O)[C@H]1CC[C@H]2[C@@H]3CC=C4C[C@@H](O[Si](C)(C)C(C)(C)C)C[C@H](O)[C@]4(C)[C@H]3CC[C@]12C. The molecular formula is C33H60O3Si. The van der Waals surface area contributed by atoms with Gasteiger partial charge in [-0.2, -0.15) is 0 Å². The Kier molecular flexibility index (Phi) is 8.08. The first-order valence-electron chi connectivity index (χ1n) is 15.7. The van der Waals surface area contributed by atoms with Crippen molar-refractivity contribution >= 4 is 8.32 Å². The second-order valence-electron chi connectivity index (χ2n) is 16.5. The summed E-state index contributed by atoms with van der Waals surface area (Å²) >= 11 is 0. The lowest BCUT2D eigenvalue weighted by Gasteiger charge is -2.60. The smallest absolute Gasteiger partial charge is 0.192 e. The molecule has 0 spiro atoms. The molecule has 37 heavy (non-hydrogen) atoms. The largest absolute Gasteiger partial charge is 0.414 e. The Labute approximate surface area is 230 Å². The zero-order valence-electron chi connectivity index (χ0n) is 26.0. The lowest BCUT2D eigenvalue weighted by Crippen LogP contribution is -2.57. The van der Waals surface area contributed by atoms with Crippen molar-refractivity contribution in [3.05, 3.63) is 11.6 Å². The molecule has 214 valence electrons. The van der Waals surface area contributed by atoms with Gasteiger partial charge in [-0.15, -0.1) is 0 Å². The highest BCUT2D eigenvalue weighted by atomic mass is 28.4. The summed E-state index contributed by atoms with van der Waals surface area (Å²) < 4.78 is 6.84. The molecule has 3 fully saturated rings. The normalized spacial score (nSPS) is 41.5. The van der Waals surface area contributed by atoms with E-state index in [2.05, 4.69) is 60.7 Å². The molecule has 9 atom stereocenters. The van der Waals surface area contributed by atoms with Crippen LogP contribution in [0, 0.1) is 40.4 Å². The minimum absolute atomic E-state index is 0.0754. The molecule has 4 heteroatoms. The molecule has 0 aromatic rings. The average Bonchev–Trinajstić information content (AvgIpc) is 3.10. The predicted octanol–water partition coefficient (Wildman–Crippen LogP) is 8.50. The van der Waals surface area contributed by atoms with Crippen LogP contribution in [-0.4, -0.2) is 36.3 Å². The maximum atomic E-state index is 11.8. The number of rotatable bonds is 7. The molecule has 4 rings (SSSR count). The summed E-state index contributed by atoms with van der Waals surface area (Å²) in [6.45, 7) is 23.1. The van der Waals surface area contributed by atoms with E-state index in [9.17, 15) is 10.2 Å². The molecule has 2 N–H and O–H groups in total. The molecule has 4 aliphatic rings. The Balaban J connectivity index is 1.48. The molecule has 0 aromatic heterocycles. The van der Waals surface area contributed by atoms with Crippen LogP contribution in [0.15, 0.2) is 11.6 Å². The fraction of sp³-hybridized carbons (Fsp3) is 0.939. The van der Waals surface area contributed by atoms with Crippen LogP contribution in [-0.2, 0) is 4.43 Å². The highest BCUT2D eigenvalue weighted by Gasteiger charge is 2.61. The number of aliphatic hydroxyl groups excluding tert-OH is 1. The van der Waals surface area contributed by atoms with Gasteiger partial charge < -0.3 is 14.6 Å². The number of allylic oxidation sites excluding steroid dienone is 1. The van der Waals surface area contributed by atoms with E-state index in [1.54, 1.807) is 0 Å². The molecule has 0 saturated heterocycles. The van der Waals surface area contributed by atoms with Gasteiger partial charge in [-0.3, -0.25) is 0 Å². The molecule has 0 radical (unpaired) electrons. The monoisotopic (exact) mass is 532 g/mol. The van der Waals surface area contributed by atoms with Gasteiger partial charge in [-0.25, -0.2) is 0 Å². The highest BCUT2D eigenvalue weighted by molar-refractivity contribution is 6.74. The summed E-state index contributed by atoms with van der Waals surface area (Å²) in [4.78, 5) is 0. The Morgan fingerprint density at radius 1 is 1.08 bits per heavy atom. The molecule has 0 heterocycles. The highest BCUT2D eigenvalue weighted by Crippen LogP contribution is 2.67. The third-order valence-corrected chi connectivity index (χ3v) is 17.2. The van der Waals surface area contributed by atoms with Crippen LogP contribution in [0.2, 0.25) is 18.1 Å². The van der Waals surface area contributed by atoms with Gasteiger partial charge in [0.2, 0.25) is 0 Å². The van der Waals surface area contributed by atoms with Crippen LogP contribution in [0.3, 0.4) is 0 Å². The maximum absolute atomic E-state index is 11.8. The Hall–Kier alpha value is -0.163. The van der Waals surface area contributed by atoms with E-state index in [0.717, 1.165) is 43.4 Å². The maximum Gasteiger partial charge on any atom is 0.192 e. The van der Waals surface area contributed by atoms with Crippen molar-refractivity contribution in [2.75, 3.05) is 0 Å². The Morgan fingerprint density at radius 2 is 1.76 bits per heavy atom. The quantitative estimate of drug-likeness (QED) is 0.255. The molecule has 0 unspecified atom stereocenters. The zero-order chi connectivity index (χ0) is 27.6. The fourth-order valence-electron chi connectivity index (χ4n) is 9.40. The molecule has 0 aromatic carbocycles. The number of hydrogen-bond acceptors (Lipinski definition) is 3. The zero-order valence-corrected chi connectivity index (χ0v) is 27.0. The van der Waals surface area contributed by atoms with Crippen molar-refractivity contribution in [3.63, 3.8) is 0 Å². The minimum atomic E-state index is -1.86. The van der Waals surface area contributed by atoms with E-state index < -0.39 is 13.9 Å². The van der Waals surface area contributed by atoms with Crippen molar-refractivity contribution in [2.45, 2.75) is 156 Å². The van der Waals surface area contributed by atoms with Crippen molar-refractivity contribution in [3.8, 4) is 0 Å². The molecule has 0 bridgehead atoms. The molecule has 3 nitrogen and oxygen atoms in total.